The van der Waals surface area contributed by atoms with Crippen molar-refractivity contribution < 1.29 is 52.6 Å². The minimum atomic E-state index is -1.46. The van der Waals surface area contributed by atoms with Gasteiger partial charge >= 0.3 is 18.3 Å². The van der Waals surface area contributed by atoms with Crippen LogP contribution in [0.3, 0.4) is 0 Å². The van der Waals surface area contributed by atoms with Gasteiger partial charge in [-0.3, -0.25) is 4.57 Å². The molecule has 0 radical (unpaired) electrons. The normalized spacial score (nSPS) is 20.0. The SMILES string of the molecule is CCOc1nc2cccc(C(=O)OC(C)OC(=O)O[C@@H]3CO[C@H]4[C@@H]3OC[C@H]4OC(=O)O)c2n1Cc1ccc(-c2ccccc2-c2nn[nH]n2)cc1. The van der Waals surface area contributed by atoms with Crippen molar-refractivity contribution in [3.63, 3.8) is 0 Å². The van der Waals surface area contributed by atoms with Gasteiger partial charge in [0, 0.05) is 12.5 Å². The van der Waals surface area contributed by atoms with E-state index in [4.69, 9.17) is 38.3 Å². The number of H-pyrrole nitrogens is 1. The average molecular weight is 701 g/mol. The number of carbonyl (C=O) groups is 3. The highest BCUT2D eigenvalue weighted by molar-refractivity contribution is 6.02. The lowest BCUT2D eigenvalue weighted by Crippen LogP contribution is -2.36. The number of nitrogens with one attached hydrogen (secondary N) is 1. The molecular formula is C34H32N6O11. The van der Waals surface area contributed by atoms with Gasteiger partial charge in [-0.05, 0) is 41.0 Å². The van der Waals surface area contributed by atoms with Crippen molar-refractivity contribution in [2.75, 3.05) is 19.8 Å². The Hall–Kier alpha value is -6.07. The van der Waals surface area contributed by atoms with Gasteiger partial charge in [0.15, 0.2) is 12.2 Å². The second-order valence-corrected chi connectivity index (χ2v) is 11.6. The molecule has 2 fully saturated rings. The van der Waals surface area contributed by atoms with E-state index in [0.717, 1.165) is 22.3 Å². The largest absolute Gasteiger partial charge is 0.511 e. The van der Waals surface area contributed by atoms with E-state index in [1.54, 1.807) is 22.8 Å². The number of esters is 1. The fourth-order valence-corrected chi connectivity index (χ4v) is 6.18. The Morgan fingerprint density at radius 1 is 0.941 bits per heavy atom. The zero-order valence-corrected chi connectivity index (χ0v) is 27.3. The van der Waals surface area contributed by atoms with E-state index in [0.29, 0.717) is 36.0 Å². The molecular weight excluding hydrogens is 668 g/mol. The first-order valence-electron chi connectivity index (χ1n) is 16.0. The lowest BCUT2D eigenvalue weighted by atomic mass is 9.98. The number of benzene rings is 3. The Morgan fingerprint density at radius 2 is 1.67 bits per heavy atom. The van der Waals surface area contributed by atoms with Crippen LogP contribution in [0.4, 0.5) is 9.59 Å². The van der Waals surface area contributed by atoms with Gasteiger partial charge in [-0.25, -0.2) is 14.4 Å². The number of hydrogen-bond donors (Lipinski definition) is 2. The van der Waals surface area contributed by atoms with E-state index >= 15 is 0 Å². The smallest absolute Gasteiger partial charge is 0.465 e. The van der Waals surface area contributed by atoms with Gasteiger partial charge in [0.1, 0.15) is 12.2 Å². The molecule has 5 aromatic rings. The number of carbonyl (C=O) groups excluding carboxylic acids is 2. The maximum Gasteiger partial charge on any atom is 0.511 e. The van der Waals surface area contributed by atoms with Crippen molar-refractivity contribution in [3.05, 3.63) is 77.9 Å². The van der Waals surface area contributed by atoms with Gasteiger partial charge in [0.05, 0.1) is 43.0 Å². The van der Waals surface area contributed by atoms with E-state index in [1.165, 1.54) is 6.92 Å². The molecule has 17 heteroatoms. The first-order valence-corrected chi connectivity index (χ1v) is 16.0. The Bertz CT molecular complexity index is 2030. The predicted octanol–water partition coefficient (Wildman–Crippen LogP) is 4.22. The first-order chi connectivity index (χ1) is 24.8. The minimum absolute atomic E-state index is 0.0415. The highest BCUT2D eigenvalue weighted by atomic mass is 16.8. The summed E-state index contributed by atoms with van der Waals surface area (Å²) in [4.78, 5) is 41.7. The Balaban J connectivity index is 1.05. The van der Waals surface area contributed by atoms with Crippen molar-refractivity contribution in [2.24, 2.45) is 0 Å². The number of tetrazole rings is 1. The summed E-state index contributed by atoms with van der Waals surface area (Å²) < 4.78 is 39.5. The number of fused-ring (bicyclic) bond motifs is 2. The minimum Gasteiger partial charge on any atom is -0.465 e. The summed E-state index contributed by atoms with van der Waals surface area (Å²) >= 11 is 0. The maximum absolute atomic E-state index is 13.5. The molecule has 2 aliphatic heterocycles. The molecule has 264 valence electrons. The molecule has 0 saturated carbocycles. The molecule has 7 rings (SSSR count). The number of aromatic amines is 1. The molecule has 0 amide bonds. The number of carboxylic acid groups (broad SMARTS) is 1. The van der Waals surface area contributed by atoms with Gasteiger partial charge < -0.3 is 38.3 Å². The monoisotopic (exact) mass is 700 g/mol. The topological polar surface area (TPSA) is 208 Å². The van der Waals surface area contributed by atoms with Gasteiger partial charge in [0.2, 0.25) is 12.1 Å². The molecule has 5 atom stereocenters. The van der Waals surface area contributed by atoms with Crippen LogP contribution < -0.4 is 4.74 Å². The number of ether oxygens (including phenoxy) is 7. The summed E-state index contributed by atoms with van der Waals surface area (Å²) in [6, 6.07) is 21.0. The molecule has 2 aromatic heterocycles. The Kier molecular flexibility index (Phi) is 9.45. The van der Waals surface area contributed by atoms with E-state index in [1.807, 2.05) is 55.5 Å². The third-order valence-corrected chi connectivity index (χ3v) is 8.34. The summed E-state index contributed by atoms with van der Waals surface area (Å²) in [5.74, 6) is -0.282. The number of hydrogen-bond acceptors (Lipinski definition) is 14. The van der Waals surface area contributed by atoms with Gasteiger partial charge in [-0.1, -0.05) is 54.6 Å². The highest BCUT2D eigenvalue weighted by Crippen LogP contribution is 2.33. The fourth-order valence-electron chi connectivity index (χ4n) is 6.18. The van der Waals surface area contributed by atoms with Crippen LogP contribution >= 0.6 is 0 Å². The molecule has 2 N–H and O–H groups in total. The third-order valence-electron chi connectivity index (χ3n) is 8.34. The molecule has 2 saturated heterocycles. The van der Waals surface area contributed by atoms with Crippen molar-refractivity contribution in [1.82, 2.24) is 30.2 Å². The van der Waals surface area contributed by atoms with Crippen molar-refractivity contribution in [2.45, 2.75) is 51.1 Å². The third kappa shape index (κ3) is 7.01. The van der Waals surface area contributed by atoms with Gasteiger partial charge in [-0.15, -0.1) is 10.2 Å². The molecule has 0 bridgehead atoms. The van der Waals surface area contributed by atoms with Crippen LogP contribution in [0.15, 0.2) is 66.7 Å². The summed E-state index contributed by atoms with van der Waals surface area (Å²) in [5.41, 5.74) is 4.77. The number of rotatable bonds is 11. The molecule has 1 unspecified atom stereocenters. The van der Waals surface area contributed by atoms with Crippen molar-refractivity contribution >= 4 is 29.3 Å². The molecule has 4 heterocycles. The molecule has 17 nitrogen and oxygen atoms in total. The number of para-hydroxylation sites is 1. The maximum atomic E-state index is 13.5. The van der Waals surface area contributed by atoms with Crippen LogP contribution in [-0.4, -0.2) is 104 Å². The zero-order valence-electron chi connectivity index (χ0n) is 27.3. The summed E-state index contributed by atoms with van der Waals surface area (Å²) in [6.07, 6.45) is -7.10. The molecule has 51 heavy (non-hydrogen) atoms. The lowest BCUT2D eigenvalue weighted by molar-refractivity contribution is -0.0988. The standard InChI is InChI=1S/C34H32N6O11/c1-3-45-32-35-24-10-6-9-23(31(41)48-18(2)49-34(44)51-26-17-47-28-25(50-33(42)43)16-46-29(26)28)27(24)40(32)15-19-11-13-20(14-12-19)21-7-4-5-8-22(21)30-36-38-39-37-30/h4-14,18,25-26,28-29H,3,15-17H2,1-2H3,(H,42,43)(H,36,37,38,39)/t18?,25-,26-,28-,29-/m1/s1. The summed E-state index contributed by atoms with van der Waals surface area (Å²) in [7, 11) is 0. The van der Waals surface area contributed by atoms with E-state index in [2.05, 4.69) is 25.6 Å². The fraction of sp³-hybridized carbons (Fsp3) is 0.324. The van der Waals surface area contributed by atoms with Crippen molar-refractivity contribution in [1.29, 1.82) is 0 Å². The van der Waals surface area contributed by atoms with E-state index in [9.17, 15) is 14.4 Å². The summed E-state index contributed by atoms with van der Waals surface area (Å²) in [5, 5.41) is 23.3. The summed E-state index contributed by atoms with van der Waals surface area (Å²) in [6.45, 7) is 3.77. The molecule has 0 spiro atoms. The second-order valence-electron chi connectivity index (χ2n) is 11.6. The van der Waals surface area contributed by atoms with Gasteiger partial charge in [-0.2, -0.15) is 10.2 Å². The quantitative estimate of drug-likeness (QED) is 0.112. The van der Waals surface area contributed by atoms with Crippen LogP contribution in [0, 0.1) is 0 Å². The van der Waals surface area contributed by atoms with Crippen LogP contribution in [0.2, 0.25) is 0 Å². The number of imidazole rings is 1. The van der Waals surface area contributed by atoms with Crippen LogP contribution in [0.5, 0.6) is 6.01 Å². The molecule has 3 aromatic carbocycles. The lowest BCUT2D eigenvalue weighted by Gasteiger charge is -2.19. The average Bonchev–Trinajstić information content (AvgIpc) is 3.92. The number of aromatic nitrogens is 6. The number of nitrogens with zero attached hydrogens (tertiary/aromatic N) is 5. The highest BCUT2D eigenvalue weighted by Gasteiger charge is 2.51. The van der Waals surface area contributed by atoms with Crippen LogP contribution in [0.1, 0.15) is 29.8 Å². The second kappa shape index (κ2) is 14.4. The molecule has 2 aliphatic rings. The van der Waals surface area contributed by atoms with Crippen LogP contribution in [-0.2, 0) is 35.0 Å². The molecule has 0 aliphatic carbocycles. The van der Waals surface area contributed by atoms with Crippen LogP contribution in [0.25, 0.3) is 33.5 Å². The predicted molar refractivity (Wildman–Crippen MR) is 174 cm³/mol. The van der Waals surface area contributed by atoms with Gasteiger partial charge in [0.25, 0.3) is 6.01 Å². The van der Waals surface area contributed by atoms with E-state index < -0.39 is 49.0 Å². The van der Waals surface area contributed by atoms with E-state index in [-0.39, 0.29) is 18.8 Å². The van der Waals surface area contributed by atoms with Crippen molar-refractivity contribution in [3.8, 4) is 28.5 Å². The Morgan fingerprint density at radius 3 is 2.35 bits per heavy atom. The Labute approximate surface area is 289 Å². The zero-order chi connectivity index (χ0) is 35.5. The first kappa shape index (κ1) is 33.4.